The van der Waals surface area contributed by atoms with Crippen LogP contribution in [-0.2, 0) is 27.4 Å². The molecule has 0 bridgehead atoms. The van der Waals surface area contributed by atoms with E-state index in [1.165, 1.54) is 11.1 Å². The summed E-state index contributed by atoms with van der Waals surface area (Å²) < 4.78 is 39.7. The van der Waals surface area contributed by atoms with Crippen LogP contribution in [0.5, 0.6) is 0 Å². The molecular formula is C17H28O4SSi. The number of rotatable bonds is 5. The highest BCUT2D eigenvalue weighted by atomic mass is 32.2. The van der Waals surface area contributed by atoms with Crippen LogP contribution in [0.2, 0.25) is 18.1 Å². The van der Waals surface area contributed by atoms with Crippen molar-refractivity contribution >= 4 is 18.4 Å². The fourth-order valence-corrected chi connectivity index (χ4v) is 4.90. The Morgan fingerprint density at radius 1 is 1.22 bits per heavy atom. The number of hydrogen-bond donors (Lipinski definition) is 1. The molecule has 0 amide bonds. The van der Waals surface area contributed by atoms with E-state index in [4.69, 9.17) is 4.43 Å². The molecule has 1 N–H and O–H groups in total. The maximum absolute atomic E-state index is 11.9. The van der Waals surface area contributed by atoms with Gasteiger partial charge in [-0.1, -0.05) is 45.0 Å². The number of fused-ring (bicyclic) bond motifs is 1. The fraction of sp³-hybridized carbons (Fsp3) is 0.647. The van der Waals surface area contributed by atoms with E-state index in [2.05, 4.69) is 33.9 Å². The van der Waals surface area contributed by atoms with Crippen LogP contribution in [-0.4, -0.2) is 33.1 Å². The molecular weight excluding hydrogens is 328 g/mol. The van der Waals surface area contributed by atoms with E-state index in [0.29, 0.717) is 12.8 Å². The molecule has 1 aliphatic carbocycles. The average molecular weight is 357 g/mol. The van der Waals surface area contributed by atoms with E-state index >= 15 is 0 Å². The second-order valence-corrected chi connectivity index (χ2v) is 14.5. The third-order valence-corrected chi connectivity index (χ3v) is 11.2. The average Bonchev–Trinajstić information content (AvgIpc) is 2.78. The van der Waals surface area contributed by atoms with E-state index in [9.17, 15) is 13.0 Å². The first-order valence-corrected chi connectivity index (χ1v) is 12.5. The minimum absolute atomic E-state index is 0.00933. The van der Waals surface area contributed by atoms with Gasteiger partial charge in [0.05, 0.1) is 6.61 Å². The van der Waals surface area contributed by atoms with Crippen LogP contribution >= 0.6 is 0 Å². The van der Waals surface area contributed by atoms with E-state index in [0.717, 1.165) is 0 Å². The van der Waals surface area contributed by atoms with Gasteiger partial charge in [-0.25, -0.2) is 0 Å². The van der Waals surface area contributed by atoms with Crippen molar-refractivity contribution in [3.8, 4) is 0 Å². The van der Waals surface area contributed by atoms with E-state index < -0.39 is 23.7 Å². The van der Waals surface area contributed by atoms with Gasteiger partial charge in [-0.05, 0) is 48.0 Å². The van der Waals surface area contributed by atoms with Gasteiger partial charge in [-0.15, -0.1) is 0 Å². The molecule has 1 atom stereocenters. The Hall–Kier alpha value is -0.693. The third kappa shape index (κ3) is 4.23. The van der Waals surface area contributed by atoms with Crippen molar-refractivity contribution in [2.24, 2.45) is 5.92 Å². The van der Waals surface area contributed by atoms with Crippen LogP contribution in [0, 0.1) is 5.92 Å². The van der Waals surface area contributed by atoms with Gasteiger partial charge in [0.2, 0.25) is 0 Å². The van der Waals surface area contributed by atoms with Crippen molar-refractivity contribution in [2.45, 2.75) is 57.0 Å². The van der Waals surface area contributed by atoms with Gasteiger partial charge in [-0.3, -0.25) is 4.55 Å². The maximum atomic E-state index is 11.9. The SMILES string of the molecule is CC(C)(C)[Si](C)(C)OC[C@H](C1Cc2ccccc2C1)S(=O)(=O)O. The molecule has 1 aliphatic rings. The predicted molar refractivity (Wildman–Crippen MR) is 95.8 cm³/mol. The molecule has 1 aromatic carbocycles. The highest BCUT2D eigenvalue weighted by Gasteiger charge is 2.41. The van der Waals surface area contributed by atoms with E-state index in [1.807, 2.05) is 24.3 Å². The molecule has 0 saturated heterocycles. The van der Waals surface area contributed by atoms with Crippen molar-refractivity contribution in [3.05, 3.63) is 35.4 Å². The Morgan fingerprint density at radius 3 is 2.09 bits per heavy atom. The van der Waals surface area contributed by atoms with Gasteiger partial charge < -0.3 is 4.43 Å². The van der Waals surface area contributed by atoms with E-state index in [1.54, 1.807) is 0 Å². The molecule has 1 aromatic rings. The zero-order valence-corrected chi connectivity index (χ0v) is 16.5. The lowest BCUT2D eigenvalue weighted by Crippen LogP contribution is -2.45. The second kappa shape index (κ2) is 6.31. The van der Waals surface area contributed by atoms with Gasteiger partial charge in [0.25, 0.3) is 10.1 Å². The summed E-state index contributed by atoms with van der Waals surface area (Å²) in [6.07, 6.45) is 1.36. The Bertz CT molecular complexity index is 636. The Kier molecular flexibility index (Phi) is 5.12. The van der Waals surface area contributed by atoms with Crippen LogP contribution in [0.4, 0.5) is 0 Å². The molecule has 0 fully saturated rings. The summed E-state index contributed by atoms with van der Waals surface area (Å²) in [6.45, 7) is 10.6. The van der Waals surface area contributed by atoms with Crippen LogP contribution in [0.15, 0.2) is 24.3 Å². The Morgan fingerprint density at radius 2 is 1.70 bits per heavy atom. The van der Waals surface area contributed by atoms with Crippen molar-refractivity contribution in [1.82, 2.24) is 0 Å². The van der Waals surface area contributed by atoms with Gasteiger partial charge in [0.1, 0.15) is 5.25 Å². The first kappa shape index (κ1) is 18.6. The van der Waals surface area contributed by atoms with Crippen molar-refractivity contribution in [3.63, 3.8) is 0 Å². The lowest BCUT2D eigenvalue weighted by atomic mass is 10.0. The second-order valence-electron chi connectivity index (χ2n) is 8.06. The Labute approximate surface area is 141 Å². The standard InChI is InChI=1S/C17H28O4SSi/c1-17(2,3)23(4,5)21-12-16(22(18,19)20)15-10-13-8-6-7-9-14(13)11-15/h6-9,15-16H,10-12H2,1-5H3,(H,18,19,20)/t16-/m1/s1. The summed E-state index contributed by atoms with van der Waals surface area (Å²) >= 11 is 0. The highest BCUT2D eigenvalue weighted by molar-refractivity contribution is 7.86. The van der Waals surface area contributed by atoms with Crippen LogP contribution in [0.25, 0.3) is 0 Å². The smallest absolute Gasteiger partial charge is 0.270 e. The zero-order valence-electron chi connectivity index (χ0n) is 14.7. The first-order valence-electron chi connectivity index (χ1n) is 8.09. The maximum Gasteiger partial charge on any atom is 0.270 e. The molecule has 0 aromatic heterocycles. The minimum atomic E-state index is -4.14. The Balaban J connectivity index is 2.15. The molecule has 4 nitrogen and oxygen atoms in total. The highest BCUT2D eigenvalue weighted by Crippen LogP contribution is 2.38. The summed E-state index contributed by atoms with van der Waals surface area (Å²) in [6, 6.07) is 8.00. The topological polar surface area (TPSA) is 63.6 Å². The largest absolute Gasteiger partial charge is 0.415 e. The van der Waals surface area contributed by atoms with Crippen LogP contribution in [0.3, 0.4) is 0 Å². The summed E-state index contributed by atoms with van der Waals surface area (Å²) in [5.74, 6) is -0.118. The van der Waals surface area contributed by atoms with Crippen LogP contribution in [0.1, 0.15) is 31.9 Å². The molecule has 2 rings (SSSR count). The summed E-state index contributed by atoms with van der Waals surface area (Å²) in [4.78, 5) is 0. The quantitative estimate of drug-likeness (QED) is 0.646. The zero-order chi connectivity index (χ0) is 17.5. The predicted octanol–water partition coefficient (Wildman–Crippen LogP) is 3.68. The van der Waals surface area contributed by atoms with Gasteiger partial charge in [0, 0.05) is 0 Å². The number of benzene rings is 1. The summed E-state index contributed by atoms with van der Waals surface area (Å²) in [7, 11) is -6.19. The first-order chi connectivity index (χ1) is 10.4. The number of hydrogen-bond acceptors (Lipinski definition) is 3. The van der Waals surface area contributed by atoms with Gasteiger partial charge >= 0.3 is 0 Å². The lowest BCUT2D eigenvalue weighted by molar-refractivity contribution is 0.252. The molecule has 0 unspecified atom stereocenters. The van der Waals surface area contributed by atoms with Gasteiger partial charge in [0.15, 0.2) is 8.32 Å². The molecule has 23 heavy (non-hydrogen) atoms. The molecule has 6 heteroatoms. The molecule has 0 spiro atoms. The van der Waals surface area contributed by atoms with Crippen molar-refractivity contribution < 1.29 is 17.4 Å². The molecule has 130 valence electrons. The molecule has 0 aliphatic heterocycles. The van der Waals surface area contributed by atoms with Crippen molar-refractivity contribution in [2.75, 3.05) is 6.61 Å². The van der Waals surface area contributed by atoms with Crippen LogP contribution < -0.4 is 0 Å². The molecule has 0 saturated carbocycles. The van der Waals surface area contributed by atoms with Gasteiger partial charge in [-0.2, -0.15) is 8.42 Å². The van der Waals surface area contributed by atoms with Crippen molar-refractivity contribution in [1.29, 1.82) is 0 Å². The monoisotopic (exact) mass is 356 g/mol. The summed E-state index contributed by atoms with van der Waals surface area (Å²) in [5.41, 5.74) is 2.36. The van der Waals surface area contributed by atoms with E-state index in [-0.39, 0.29) is 17.6 Å². The molecule has 0 heterocycles. The lowest BCUT2D eigenvalue weighted by Gasteiger charge is -2.37. The summed E-state index contributed by atoms with van der Waals surface area (Å²) in [5, 5.41) is -0.848. The third-order valence-electron chi connectivity index (χ3n) is 5.41. The minimum Gasteiger partial charge on any atom is -0.415 e. The molecule has 0 radical (unpaired) electrons. The normalized spacial score (nSPS) is 18.0. The fourth-order valence-electron chi connectivity index (χ4n) is 2.83.